The summed E-state index contributed by atoms with van der Waals surface area (Å²) in [5.74, 6) is -1.66. The van der Waals surface area contributed by atoms with E-state index >= 15 is 0 Å². The number of ether oxygens (including phenoxy) is 1. The minimum absolute atomic E-state index is 0.0586. The van der Waals surface area contributed by atoms with Crippen LogP contribution in [0.2, 0.25) is 0 Å². The van der Waals surface area contributed by atoms with Crippen LogP contribution < -0.4 is 10.6 Å². The van der Waals surface area contributed by atoms with E-state index in [1.165, 1.54) is 0 Å². The third-order valence-corrected chi connectivity index (χ3v) is 7.25. The molecule has 0 radical (unpaired) electrons. The highest BCUT2D eigenvalue weighted by Crippen LogP contribution is 2.64. The van der Waals surface area contributed by atoms with Gasteiger partial charge in [0.25, 0.3) is 0 Å². The molecule has 0 aliphatic carbocycles. The molecular weight excluding hydrogens is 398 g/mol. The van der Waals surface area contributed by atoms with Gasteiger partial charge < -0.3 is 25.4 Å². The molecule has 3 amide bonds. The predicted octanol–water partition coefficient (Wildman–Crippen LogP) is 1.35. The maximum absolute atomic E-state index is 13.7. The summed E-state index contributed by atoms with van der Waals surface area (Å²) in [6, 6.07) is -0.782. The summed E-state index contributed by atoms with van der Waals surface area (Å²) >= 11 is 0. The van der Waals surface area contributed by atoms with Crippen LogP contribution in [0.4, 0.5) is 0 Å². The first-order chi connectivity index (χ1) is 14.8. The van der Waals surface area contributed by atoms with Gasteiger partial charge in [-0.25, -0.2) is 0 Å². The van der Waals surface area contributed by atoms with Gasteiger partial charge in [0.05, 0.1) is 17.4 Å². The molecule has 8 heteroatoms. The molecule has 5 atom stereocenters. The number of aliphatic hydroxyl groups excluding tert-OH is 1. The molecule has 0 saturated carbocycles. The van der Waals surface area contributed by atoms with Crippen LogP contribution in [0.15, 0.2) is 0 Å². The molecule has 3 N–H and O–H groups in total. The summed E-state index contributed by atoms with van der Waals surface area (Å²) in [7, 11) is 0. The maximum atomic E-state index is 13.7. The number of fused-ring (bicyclic) bond motifs is 1. The number of hydrogen-bond acceptors (Lipinski definition) is 5. The Bertz CT molecular complexity index is 699. The fourth-order valence-corrected chi connectivity index (χ4v) is 5.95. The largest absolute Gasteiger partial charge is 0.396 e. The van der Waals surface area contributed by atoms with Gasteiger partial charge in [-0.1, -0.05) is 13.8 Å². The van der Waals surface area contributed by atoms with Gasteiger partial charge in [-0.05, 0) is 58.8 Å². The Balaban J connectivity index is 1.96. The van der Waals surface area contributed by atoms with Gasteiger partial charge in [-0.15, -0.1) is 0 Å². The van der Waals surface area contributed by atoms with Crippen molar-refractivity contribution < 1.29 is 24.2 Å². The average Bonchev–Trinajstić information content (AvgIpc) is 3.32. The highest BCUT2D eigenvalue weighted by Gasteiger charge is 2.78. The molecule has 31 heavy (non-hydrogen) atoms. The highest BCUT2D eigenvalue weighted by molar-refractivity contribution is 5.99. The predicted molar refractivity (Wildman–Crippen MR) is 116 cm³/mol. The van der Waals surface area contributed by atoms with E-state index in [2.05, 4.69) is 10.6 Å². The summed E-state index contributed by atoms with van der Waals surface area (Å²) in [5, 5.41) is 15.0. The normalized spacial score (nSPS) is 33.8. The topological polar surface area (TPSA) is 108 Å². The third kappa shape index (κ3) is 3.97. The van der Waals surface area contributed by atoms with Crippen molar-refractivity contribution in [2.24, 2.45) is 11.8 Å². The average molecular weight is 438 g/mol. The Morgan fingerprint density at radius 2 is 1.94 bits per heavy atom. The zero-order valence-corrected chi connectivity index (χ0v) is 19.4. The number of likely N-dealkylation sites (tertiary alicyclic amines) is 1. The number of amides is 3. The van der Waals surface area contributed by atoms with E-state index in [1.807, 2.05) is 27.7 Å². The number of nitrogens with one attached hydrogen (secondary N) is 2. The van der Waals surface area contributed by atoms with Gasteiger partial charge in [0.2, 0.25) is 17.7 Å². The van der Waals surface area contributed by atoms with Crippen molar-refractivity contribution in [3.05, 3.63) is 0 Å². The van der Waals surface area contributed by atoms with Gasteiger partial charge in [0.15, 0.2) is 0 Å². The van der Waals surface area contributed by atoms with E-state index in [-0.39, 0.29) is 30.4 Å². The number of aliphatic hydroxyl groups is 1. The Morgan fingerprint density at radius 3 is 2.55 bits per heavy atom. The Morgan fingerprint density at radius 1 is 1.19 bits per heavy atom. The van der Waals surface area contributed by atoms with Crippen molar-refractivity contribution in [3.63, 3.8) is 0 Å². The molecule has 2 bridgehead atoms. The zero-order valence-electron chi connectivity index (χ0n) is 19.4. The number of unbranched alkanes of at least 4 members (excludes halogenated alkanes) is 2. The van der Waals surface area contributed by atoms with Crippen molar-refractivity contribution in [2.45, 2.75) is 95.9 Å². The summed E-state index contributed by atoms with van der Waals surface area (Å²) in [6.07, 6.45) is 4.88. The monoisotopic (exact) mass is 437 g/mol. The number of carbonyl (C=O) groups is 3. The molecule has 3 saturated heterocycles. The van der Waals surface area contributed by atoms with E-state index in [4.69, 9.17) is 9.84 Å². The molecule has 3 aliphatic heterocycles. The Hall–Kier alpha value is -1.67. The van der Waals surface area contributed by atoms with E-state index in [0.29, 0.717) is 45.2 Å². The van der Waals surface area contributed by atoms with Gasteiger partial charge in [-0.3, -0.25) is 14.4 Å². The first-order valence-electron chi connectivity index (χ1n) is 12.0. The van der Waals surface area contributed by atoms with Crippen molar-refractivity contribution in [1.29, 1.82) is 0 Å². The minimum atomic E-state index is -0.947. The lowest BCUT2D eigenvalue weighted by atomic mass is 9.65. The van der Waals surface area contributed by atoms with Crippen molar-refractivity contribution in [1.82, 2.24) is 15.5 Å². The van der Waals surface area contributed by atoms with Crippen LogP contribution in [0.25, 0.3) is 0 Å². The standard InChI is InChI=1S/C23H39N3O5/c1-5-12-24-19(28)16-17-21(30)26(13-8-7-9-14-27)18(20(29)25-15(3)4)23(17)11-10-22(16,6-2)31-23/h15-18,27H,5-14H2,1-4H3,(H,24,28)(H,25,29)/t16-,17-,18?,22+,23?/m0/s1. The van der Waals surface area contributed by atoms with E-state index < -0.39 is 29.1 Å². The molecular formula is C23H39N3O5. The van der Waals surface area contributed by atoms with Crippen LogP contribution in [0.3, 0.4) is 0 Å². The second kappa shape index (κ2) is 9.45. The van der Waals surface area contributed by atoms with Crippen molar-refractivity contribution in [3.8, 4) is 0 Å². The van der Waals surface area contributed by atoms with Gasteiger partial charge in [0.1, 0.15) is 11.6 Å². The van der Waals surface area contributed by atoms with E-state index in [9.17, 15) is 14.4 Å². The molecule has 3 rings (SSSR count). The summed E-state index contributed by atoms with van der Waals surface area (Å²) in [5.41, 5.74) is -1.63. The number of nitrogens with zero attached hydrogens (tertiary/aromatic N) is 1. The maximum Gasteiger partial charge on any atom is 0.246 e. The quantitative estimate of drug-likeness (QED) is 0.423. The molecule has 0 aromatic heterocycles. The SMILES string of the molecule is CCCNC(=O)[C@@H]1[C@H]2C(=O)N(CCCCCO)C(C(=O)NC(C)C)C23CC[C@@]1(CC)O3. The number of rotatable bonds is 11. The Kier molecular flexibility index (Phi) is 7.31. The second-order valence-electron chi connectivity index (χ2n) is 9.60. The third-order valence-electron chi connectivity index (χ3n) is 7.25. The van der Waals surface area contributed by atoms with Crippen LogP contribution in [-0.4, -0.2) is 70.7 Å². The molecule has 0 aromatic rings. The fraction of sp³-hybridized carbons (Fsp3) is 0.870. The summed E-state index contributed by atoms with van der Waals surface area (Å²) in [6.45, 7) is 8.90. The molecule has 3 fully saturated rings. The van der Waals surface area contributed by atoms with Crippen LogP contribution >= 0.6 is 0 Å². The molecule has 1 spiro atoms. The molecule has 8 nitrogen and oxygen atoms in total. The smallest absolute Gasteiger partial charge is 0.246 e. The lowest BCUT2D eigenvalue weighted by Crippen LogP contribution is -2.56. The van der Waals surface area contributed by atoms with Gasteiger partial charge >= 0.3 is 0 Å². The molecule has 2 unspecified atom stereocenters. The minimum Gasteiger partial charge on any atom is -0.396 e. The van der Waals surface area contributed by atoms with Gasteiger partial charge in [-0.2, -0.15) is 0 Å². The first-order valence-corrected chi connectivity index (χ1v) is 12.0. The Labute approximate surface area is 185 Å². The van der Waals surface area contributed by atoms with Crippen LogP contribution in [-0.2, 0) is 19.1 Å². The van der Waals surface area contributed by atoms with Crippen LogP contribution in [0, 0.1) is 11.8 Å². The lowest BCUT2D eigenvalue weighted by molar-refractivity contribution is -0.147. The first kappa shape index (κ1) is 24.0. The number of hydrogen-bond donors (Lipinski definition) is 3. The molecule has 3 heterocycles. The second-order valence-corrected chi connectivity index (χ2v) is 9.60. The molecule has 3 aliphatic rings. The fourth-order valence-electron chi connectivity index (χ4n) is 5.95. The van der Waals surface area contributed by atoms with Crippen LogP contribution in [0.5, 0.6) is 0 Å². The summed E-state index contributed by atoms with van der Waals surface area (Å²) in [4.78, 5) is 41.9. The van der Waals surface area contributed by atoms with Crippen molar-refractivity contribution >= 4 is 17.7 Å². The van der Waals surface area contributed by atoms with Gasteiger partial charge in [0, 0.05) is 25.7 Å². The summed E-state index contributed by atoms with van der Waals surface area (Å²) < 4.78 is 6.65. The molecule has 0 aromatic carbocycles. The lowest BCUT2D eigenvalue weighted by Gasteiger charge is -2.34. The van der Waals surface area contributed by atoms with E-state index in [1.54, 1.807) is 4.90 Å². The highest BCUT2D eigenvalue weighted by atomic mass is 16.5. The van der Waals surface area contributed by atoms with Crippen molar-refractivity contribution in [2.75, 3.05) is 19.7 Å². The molecule has 176 valence electrons. The van der Waals surface area contributed by atoms with E-state index in [0.717, 1.165) is 12.8 Å². The zero-order chi connectivity index (χ0) is 22.8. The van der Waals surface area contributed by atoms with Crippen LogP contribution in [0.1, 0.15) is 72.6 Å². The number of carbonyl (C=O) groups excluding carboxylic acids is 3.